The van der Waals surface area contributed by atoms with Crippen molar-refractivity contribution in [3.63, 3.8) is 0 Å². The van der Waals surface area contributed by atoms with Crippen LogP contribution in [0.4, 0.5) is 0 Å². The Morgan fingerprint density at radius 2 is 2.00 bits per heavy atom. The van der Waals surface area contributed by atoms with Crippen LogP contribution >= 0.6 is 7.82 Å². The molecule has 1 heterocycles. The molecule has 0 amide bonds. The maximum absolute atomic E-state index is 11.0. The van der Waals surface area contributed by atoms with E-state index in [9.17, 15) is 14.5 Å². The number of benzene rings is 1. The first-order valence-electron chi connectivity index (χ1n) is 8.96. The maximum Gasteiger partial charge on any atom is 0.469 e. The molecule has 4 N–H and O–H groups in total. The van der Waals surface area contributed by atoms with Gasteiger partial charge in [0.1, 0.15) is 18.1 Å². The summed E-state index contributed by atoms with van der Waals surface area (Å²) in [7, 11) is -4.72. The van der Waals surface area contributed by atoms with Gasteiger partial charge in [0.25, 0.3) is 0 Å². The van der Waals surface area contributed by atoms with Crippen molar-refractivity contribution in [1.29, 1.82) is 0 Å². The number of para-hydroxylation sites is 1. The largest absolute Gasteiger partial charge is 0.505 e. The lowest BCUT2D eigenvalue weighted by Crippen LogP contribution is -2.18. The first-order chi connectivity index (χ1) is 14.2. The smallest absolute Gasteiger partial charge is 0.469 e. The monoisotopic (exact) mass is 438 g/mol. The lowest BCUT2D eigenvalue weighted by molar-refractivity contribution is -0.137. The van der Waals surface area contributed by atoms with E-state index in [-0.39, 0.29) is 36.3 Å². The van der Waals surface area contributed by atoms with Gasteiger partial charge in [0.2, 0.25) is 0 Å². The van der Waals surface area contributed by atoms with Gasteiger partial charge < -0.3 is 24.7 Å². The van der Waals surface area contributed by atoms with Crippen LogP contribution in [0.25, 0.3) is 0 Å². The number of carboxylic acids is 1. The SMILES string of the molecule is Cc1ncc(COP(=O)(O)O)c(C=N[C@@H](CCC(=O)O)COc2ccccc2)c1O. The summed E-state index contributed by atoms with van der Waals surface area (Å²) in [6.45, 7) is 1.17. The first-order valence-corrected chi connectivity index (χ1v) is 10.5. The number of aliphatic carboxylic acids is 1. The normalized spacial score (nSPS) is 12.8. The van der Waals surface area contributed by atoms with Gasteiger partial charge in [-0.2, -0.15) is 0 Å². The molecular formula is C19H23N2O8P. The van der Waals surface area contributed by atoms with Crippen molar-refractivity contribution in [1.82, 2.24) is 4.98 Å². The number of hydrogen-bond acceptors (Lipinski definition) is 7. The van der Waals surface area contributed by atoms with E-state index in [4.69, 9.17) is 19.6 Å². The zero-order valence-electron chi connectivity index (χ0n) is 16.2. The van der Waals surface area contributed by atoms with Gasteiger partial charge in [-0.25, -0.2) is 4.57 Å². The third-order valence-corrected chi connectivity index (χ3v) is 4.50. The molecule has 0 saturated carbocycles. The van der Waals surface area contributed by atoms with Gasteiger partial charge in [0.05, 0.1) is 18.3 Å². The third-order valence-electron chi connectivity index (χ3n) is 4.04. The van der Waals surface area contributed by atoms with Gasteiger partial charge in [-0.1, -0.05) is 18.2 Å². The van der Waals surface area contributed by atoms with Crippen LogP contribution in [0.3, 0.4) is 0 Å². The quantitative estimate of drug-likeness (QED) is 0.305. The van der Waals surface area contributed by atoms with Crippen LogP contribution in [0.1, 0.15) is 29.7 Å². The van der Waals surface area contributed by atoms with Gasteiger partial charge in [0, 0.05) is 30.0 Å². The Labute approximate surface area is 173 Å². The Balaban J connectivity index is 2.22. The van der Waals surface area contributed by atoms with Crippen molar-refractivity contribution in [2.45, 2.75) is 32.4 Å². The predicted molar refractivity (Wildman–Crippen MR) is 108 cm³/mol. The number of carboxylic acid groups (broad SMARTS) is 1. The van der Waals surface area contributed by atoms with E-state index in [1.165, 1.54) is 12.4 Å². The van der Waals surface area contributed by atoms with E-state index in [0.717, 1.165) is 0 Å². The van der Waals surface area contributed by atoms with E-state index < -0.39 is 26.4 Å². The molecule has 0 spiro atoms. The summed E-state index contributed by atoms with van der Waals surface area (Å²) in [5.41, 5.74) is 0.682. The molecule has 2 aromatic rings. The molecule has 0 aliphatic heterocycles. The highest BCUT2D eigenvalue weighted by Crippen LogP contribution is 2.37. The van der Waals surface area contributed by atoms with Crippen molar-refractivity contribution in [3.05, 3.63) is 53.3 Å². The van der Waals surface area contributed by atoms with Crippen molar-refractivity contribution >= 4 is 20.0 Å². The third kappa shape index (κ3) is 7.92. The molecule has 0 bridgehead atoms. The van der Waals surface area contributed by atoms with Gasteiger partial charge in [-0.15, -0.1) is 0 Å². The lowest BCUT2D eigenvalue weighted by Gasteiger charge is -2.14. The fraction of sp³-hybridized carbons (Fsp3) is 0.316. The fourth-order valence-electron chi connectivity index (χ4n) is 2.45. The predicted octanol–water partition coefficient (Wildman–Crippen LogP) is 2.44. The minimum Gasteiger partial charge on any atom is -0.505 e. The minimum atomic E-state index is -4.72. The second-order valence-corrected chi connectivity index (χ2v) is 7.62. The van der Waals surface area contributed by atoms with Crippen molar-refractivity contribution in [2.24, 2.45) is 4.99 Å². The second-order valence-electron chi connectivity index (χ2n) is 6.38. The van der Waals surface area contributed by atoms with E-state index in [1.807, 2.05) is 6.07 Å². The molecule has 2 rings (SSSR count). The summed E-state index contributed by atoms with van der Waals surface area (Å²) in [5, 5.41) is 19.3. The lowest BCUT2D eigenvalue weighted by atomic mass is 10.1. The van der Waals surface area contributed by atoms with E-state index in [0.29, 0.717) is 11.4 Å². The molecule has 1 atom stereocenters. The molecule has 0 fully saturated rings. The van der Waals surface area contributed by atoms with Gasteiger partial charge in [-0.3, -0.25) is 19.3 Å². The highest BCUT2D eigenvalue weighted by atomic mass is 31.2. The Hall–Kier alpha value is -2.78. The number of phosphoric acid groups is 1. The number of aliphatic imine (C=N–C) groups is 1. The summed E-state index contributed by atoms with van der Waals surface area (Å²) in [5.74, 6) is -0.592. The van der Waals surface area contributed by atoms with Crippen molar-refractivity contribution in [2.75, 3.05) is 6.61 Å². The van der Waals surface area contributed by atoms with Crippen LogP contribution in [0, 0.1) is 6.92 Å². The summed E-state index contributed by atoms with van der Waals surface area (Å²) in [6.07, 6.45) is 2.69. The Bertz CT molecular complexity index is 930. The van der Waals surface area contributed by atoms with Crippen molar-refractivity contribution in [3.8, 4) is 11.5 Å². The number of aromatic hydroxyl groups is 1. The van der Waals surface area contributed by atoms with Crippen LogP contribution in [0.2, 0.25) is 0 Å². The second kappa shape index (κ2) is 10.8. The molecule has 30 heavy (non-hydrogen) atoms. The fourth-order valence-corrected chi connectivity index (χ4v) is 2.75. The summed E-state index contributed by atoms with van der Waals surface area (Å²) >= 11 is 0. The van der Waals surface area contributed by atoms with E-state index >= 15 is 0 Å². The Morgan fingerprint density at radius 3 is 2.63 bits per heavy atom. The first kappa shape index (κ1) is 23.5. The molecule has 10 nitrogen and oxygen atoms in total. The summed E-state index contributed by atoms with van der Waals surface area (Å²) in [4.78, 5) is 37.1. The highest BCUT2D eigenvalue weighted by Gasteiger charge is 2.18. The number of phosphoric ester groups is 1. The molecular weight excluding hydrogens is 415 g/mol. The van der Waals surface area contributed by atoms with Crippen LogP contribution < -0.4 is 4.74 Å². The topological polar surface area (TPSA) is 159 Å². The standard InChI is InChI=1S/C19H23N2O8P/c1-13-19(24)17(14(9-20-13)11-29-30(25,26)27)10-21-15(7-8-18(22)23)12-28-16-5-3-2-4-6-16/h2-6,9-10,15,24H,7-8,11-12H2,1H3,(H,22,23)(H2,25,26,27)/t15-/m0/s1. The highest BCUT2D eigenvalue weighted by molar-refractivity contribution is 7.46. The van der Waals surface area contributed by atoms with Crippen molar-refractivity contribution < 1.29 is 38.6 Å². The molecule has 0 aliphatic rings. The average Bonchev–Trinajstić information content (AvgIpc) is 2.69. The number of aromatic nitrogens is 1. The van der Waals surface area contributed by atoms with Crippen LogP contribution in [0.5, 0.6) is 11.5 Å². The van der Waals surface area contributed by atoms with Crippen LogP contribution in [-0.4, -0.2) is 49.8 Å². The molecule has 162 valence electrons. The Morgan fingerprint density at radius 1 is 1.30 bits per heavy atom. The zero-order chi connectivity index (χ0) is 22.1. The number of rotatable bonds is 11. The summed E-state index contributed by atoms with van der Waals surface area (Å²) in [6, 6.07) is 8.42. The zero-order valence-corrected chi connectivity index (χ0v) is 17.1. The van der Waals surface area contributed by atoms with Gasteiger partial charge in [0.15, 0.2) is 0 Å². The molecule has 1 aromatic carbocycles. The van der Waals surface area contributed by atoms with Crippen LogP contribution in [-0.2, 0) is 20.5 Å². The number of hydrogen-bond donors (Lipinski definition) is 4. The van der Waals surface area contributed by atoms with E-state index in [2.05, 4.69) is 14.5 Å². The molecule has 0 radical (unpaired) electrons. The maximum atomic E-state index is 11.0. The van der Waals surface area contributed by atoms with Crippen LogP contribution in [0.15, 0.2) is 41.5 Å². The van der Waals surface area contributed by atoms with Gasteiger partial charge >= 0.3 is 13.8 Å². The number of pyridine rings is 1. The molecule has 1 aromatic heterocycles. The average molecular weight is 438 g/mol. The number of carbonyl (C=O) groups is 1. The number of nitrogens with zero attached hydrogens (tertiary/aromatic N) is 2. The molecule has 0 aliphatic carbocycles. The van der Waals surface area contributed by atoms with Gasteiger partial charge in [-0.05, 0) is 25.5 Å². The molecule has 0 saturated heterocycles. The molecule has 11 heteroatoms. The summed E-state index contributed by atoms with van der Waals surface area (Å²) < 4.78 is 21.1. The van der Waals surface area contributed by atoms with E-state index in [1.54, 1.807) is 31.2 Å². The number of aryl methyl sites for hydroxylation is 1. The number of ether oxygens (including phenoxy) is 1. The minimum absolute atomic E-state index is 0.104. The Kier molecular flexibility index (Phi) is 8.49. The molecule has 0 unspecified atom stereocenters.